The van der Waals surface area contributed by atoms with E-state index in [1.165, 1.54) is 5.56 Å². The van der Waals surface area contributed by atoms with Crippen molar-refractivity contribution in [3.63, 3.8) is 0 Å². The van der Waals surface area contributed by atoms with Crippen LogP contribution >= 0.6 is 11.6 Å². The Labute approximate surface area is 236 Å². The molecule has 0 N–H and O–H groups in total. The van der Waals surface area contributed by atoms with Crippen molar-refractivity contribution in [1.82, 2.24) is 19.4 Å². The minimum Gasteiger partial charge on any atom is -0.385 e. The highest BCUT2D eigenvalue weighted by Gasteiger charge is 2.29. The molecule has 1 fully saturated rings. The third-order valence-corrected chi connectivity index (χ3v) is 7.99. The van der Waals surface area contributed by atoms with Gasteiger partial charge in [0.25, 0.3) is 0 Å². The van der Waals surface area contributed by atoms with Crippen molar-refractivity contribution in [3.8, 4) is 11.1 Å². The summed E-state index contributed by atoms with van der Waals surface area (Å²) in [5.74, 6) is 1.85. The summed E-state index contributed by atoms with van der Waals surface area (Å²) >= 11 is 6.26. The van der Waals surface area contributed by atoms with Gasteiger partial charge in [0.1, 0.15) is 11.0 Å². The summed E-state index contributed by atoms with van der Waals surface area (Å²) in [5.41, 5.74) is 5.39. The number of rotatable bonds is 10. The SMILES string of the molecule is COCCCn1c([C@@H]2CCCN(C(=O)C[C@H](C)Cc3ccc(-c4cccnc4Cl)cc3)C2)nc2ccccc21. The second kappa shape index (κ2) is 12.8. The largest absolute Gasteiger partial charge is 0.385 e. The van der Waals surface area contributed by atoms with Crippen LogP contribution in [-0.4, -0.2) is 52.1 Å². The van der Waals surface area contributed by atoms with Crippen molar-refractivity contribution in [2.75, 3.05) is 26.8 Å². The number of likely N-dealkylation sites (tertiary alicyclic amines) is 1. The number of benzene rings is 2. The number of aryl methyl sites for hydroxylation is 1. The first-order valence-corrected chi connectivity index (χ1v) is 14.3. The number of nitrogens with zero attached hydrogens (tertiary/aromatic N) is 4. The molecule has 6 nitrogen and oxygen atoms in total. The topological polar surface area (TPSA) is 60.2 Å². The van der Waals surface area contributed by atoms with Crippen LogP contribution in [0, 0.1) is 5.92 Å². The lowest BCUT2D eigenvalue weighted by Crippen LogP contribution is -2.40. The van der Waals surface area contributed by atoms with E-state index in [0.717, 1.165) is 79.9 Å². The molecular weight excluding hydrogens is 508 g/mol. The maximum absolute atomic E-state index is 13.4. The Morgan fingerprint density at radius 2 is 1.95 bits per heavy atom. The molecule has 2 aromatic carbocycles. The smallest absolute Gasteiger partial charge is 0.222 e. The van der Waals surface area contributed by atoms with E-state index in [1.54, 1.807) is 13.3 Å². The number of fused-ring (bicyclic) bond motifs is 1. The van der Waals surface area contributed by atoms with Crippen molar-refractivity contribution >= 4 is 28.5 Å². The highest BCUT2D eigenvalue weighted by atomic mass is 35.5. The fraction of sp³-hybridized carbons (Fsp3) is 0.406. The first kappa shape index (κ1) is 27.4. The molecule has 0 bridgehead atoms. The molecule has 1 aliphatic heterocycles. The van der Waals surface area contributed by atoms with Gasteiger partial charge in [-0.05, 0) is 67.0 Å². The van der Waals surface area contributed by atoms with Crippen molar-refractivity contribution in [3.05, 3.63) is 83.4 Å². The second-order valence-corrected chi connectivity index (χ2v) is 11.0. The number of imidazole rings is 1. The Bertz CT molecular complexity index is 1400. The average Bonchev–Trinajstić information content (AvgIpc) is 3.33. The van der Waals surface area contributed by atoms with Gasteiger partial charge < -0.3 is 14.2 Å². The van der Waals surface area contributed by atoms with Gasteiger partial charge >= 0.3 is 0 Å². The standard InChI is InChI=1S/C32H37ClN4O2/c1-23(20-24-12-14-25(15-13-24)27-9-5-16-34-31(27)33)21-30(38)36-17-6-8-26(22-36)32-35-28-10-3-4-11-29(28)37(32)18-7-19-39-2/h3-5,9-16,23,26H,6-8,17-22H2,1-2H3/t23-,26-/m1/s1. The highest BCUT2D eigenvalue weighted by molar-refractivity contribution is 6.32. The van der Waals surface area contributed by atoms with E-state index in [4.69, 9.17) is 21.3 Å². The molecule has 7 heteroatoms. The van der Waals surface area contributed by atoms with Gasteiger partial charge in [0, 0.05) is 57.4 Å². The van der Waals surface area contributed by atoms with Crippen LogP contribution in [0.5, 0.6) is 0 Å². The van der Waals surface area contributed by atoms with E-state index in [9.17, 15) is 4.79 Å². The number of halogens is 1. The second-order valence-electron chi connectivity index (χ2n) is 10.7. The molecule has 0 saturated carbocycles. The summed E-state index contributed by atoms with van der Waals surface area (Å²) in [6.07, 6.45) is 6.10. The molecule has 1 amide bonds. The van der Waals surface area contributed by atoms with Crippen LogP contribution in [0.1, 0.15) is 49.9 Å². The number of hydrogen-bond donors (Lipinski definition) is 0. The number of hydrogen-bond acceptors (Lipinski definition) is 4. The van der Waals surface area contributed by atoms with Crippen LogP contribution < -0.4 is 0 Å². The zero-order valence-electron chi connectivity index (χ0n) is 22.9. The third kappa shape index (κ3) is 6.51. The van der Waals surface area contributed by atoms with Crippen LogP contribution in [0.15, 0.2) is 66.9 Å². The number of piperidine rings is 1. The Balaban J connectivity index is 1.21. The van der Waals surface area contributed by atoms with Crippen molar-refractivity contribution < 1.29 is 9.53 Å². The first-order chi connectivity index (χ1) is 19.0. The number of carbonyl (C=O) groups is 1. The lowest BCUT2D eigenvalue weighted by atomic mass is 9.93. The molecule has 39 heavy (non-hydrogen) atoms. The molecule has 2 atom stereocenters. The van der Waals surface area contributed by atoms with Crippen LogP contribution in [0.4, 0.5) is 0 Å². The Kier molecular flexibility index (Phi) is 8.95. The van der Waals surface area contributed by atoms with E-state index in [2.05, 4.69) is 63.8 Å². The zero-order valence-corrected chi connectivity index (χ0v) is 23.6. The lowest BCUT2D eigenvalue weighted by molar-refractivity contribution is -0.133. The summed E-state index contributed by atoms with van der Waals surface area (Å²) in [6, 6.07) is 20.6. The van der Waals surface area contributed by atoms with E-state index < -0.39 is 0 Å². The van der Waals surface area contributed by atoms with Gasteiger partial charge in [-0.15, -0.1) is 0 Å². The van der Waals surface area contributed by atoms with Gasteiger partial charge in [-0.1, -0.05) is 54.9 Å². The summed E-state index contributed by atoms with van der Waals surface area (Å²) < 4.78 is 7.65. The zero-order chi connectivity index (χ0) is 27.2. The molecule has 0 aliphatic carbocycles. The quantitative estimate of drug-likeness (QED) is 0.163. The summed E-state index contributed by atoms with van der Waals surface area (Å²) in [4.78, 5) is 24.7. The molecule has 1 aliphatic rings. The van der Waals surface area contributed by atoms with E-state index in [0.29, 0.717) is 11.6 Å². The molecule has 0 radical (unpaired) electrons. The monoisotopic (exact) mass is 544 g/mol. The fourth-order valence-electron chi connectivity index (χ4n) is 5.75. The molecule has 2 aromatic heterocycles. The van der Waals surface area contributed by atoms with Crippen molar-refractivity contribution in [2.45, 2.75) is 51.5 Å². The molecule has 5 rings (SSSR count). The number of ether oxygens (including phenoxy) is 1. The predicted molar refractivity (Wildman–Crippen MR) is 157 cm³/mol. The van der Waals surface area contributed by atoms with Gasteiger partial charge in [0.05, 0.1) is 11.0 Å². The molecule has 204 valence electrons. The van der Waals surface area contributed by atoms with Crippen LogP contribution in [0.2, 0.25) is 5.15 Å². The molecule has 0 unspecified atom stereocenters. The Hall–Kier alpha value is -3.22. The number of aromatic nitrogens is 3. The number of methoxy groups -OCH3 is 1. The predicted octanol–water partition coefficient (Wildman–Crippen LogP) is 6.76. The summed E-state index contributed by atoms with van der Waals surface area (Å²) in [7, 11) is 1.74. The Morgan fingerprint density at radius 1 is 1.13 bits per heavy atom. The average molecular weight is 545 g/mol. The molecule has 0 spiro atoms. The minimum absolute atomic E-state index is 0.244. The molecule has 4 aromatic rings. The molecular formula is C32H37ClN4O2. The number of carbonyl (C=O) groups excluding carboxylic acids is 1. The Morgan fingerprint density at radius 3 is 2.74 bits per heavy atom. The van der Waals surface area contributed by atoms with Gasteiger partial charge in [-0.3, -0.25) is 4.79 Å². The van der Waals surface area contributed by atoms with E-state index in [-0.39, 0.29) is 17.7 Å². The van der Waals surface area contributed by atoms with E-state index >= 15 is 0 Å². The summed E-state index contributed by atoms with van der Waals surface area (Å²) in [5, 5.41) is 0.509. The van der Waals surface area contributed by atoms with Gasteiger partial charge in [0.15, 0.2) is 0 Å². The van der Waals surface area contributed by atoms with Gasteiger partial charge in [-0.25, -0.2) is 9.97 Å². The minimum atomic E-state index is 0.244. The van der Waals surface area contributed by atoms with Gasteiger partial charge in [-0.2, -0.15) is 0 Å². The van der Waals surface area contributed by atoms with Crippen LogP contribution in [0.25, 0.3) is 22.2 Å². The maximum Gasteiger partial charge on any atom is 0.222 e. The van der Waals surface area contributed by atoms with Crippen molar-refractivity contribution in [2.24, 2.45) is 5.92 Å². The highest BCUT2D eigenvalue weighted by Crippen LogP contribution is 2.31. The van der Waals surface area contributed by atoms with E-state index in [1.807, 2.05) is 18.2 Å². The number of amides is 1. The maximum atomic E-state index is 13.4. The molecule has 1 saturated heterocycles. The van der Waals surface area contributed by atoms with Crippen LogP contribution in [-0.2, 0) is 22.5 Å². The number of para-hydroxylation sites is 2. The number of pyridine rings is 1. The molecule has 3 heterocycles. The van der Waals surface area contributed by atoms with Crippen LogP contribution in [0.3, 0.4) is 0 Å². The van der Waals surface area contributed by atoms with Crippen molar-refractivity contribution in [1.29, 1.82) is 0 Å². The summed E-state index contributed by atoms with van der Waals surface area (Å²) in [6.45, 7) is 5.32. The fourth-order valence-corrected chi connectivity index (χ4v) is 5.97. The normalized spacial score (nSPS) is 16.5. The first-order valence-electron chi connectivity index (χ1n) is 13.9. The third-order valence-electron chi connectivity index (χ3n) is 7.68. The lowest BCUT2D eigenvalue weighted by Gasteiger charge is -2.33. The van der Waals surface area contributed by atoms with Gasteiger partial charge in [0.2, 0.25) is 5.91 Å².